The molecule has 1 aliphatic rings. The van der Waals surface area contributed by atoms with Crippen molar-refractivity contribution in [2.45, 2.75) is 63.4 Å². The van der Waals surface area contributed by atoms with Crippen molar-refractivity contribution in [1.29, 1.82) is 0 Å². The fraction of sp³-hybridized carbons (Fsp3) is 0.440. The van der Waals surface area contributed by atoms with Gasteiger partial charge in [-0.1, -0.05) is 78.9 Å². The maximum absolute atomic E-state index is 13.2. The highest BCUT2D eigenvalue weighted by Crippen LogP contribution is 2.24. The Hall–Kier alpha value is -1.69. The molecule has 2 amide bonds. The summed E-state index contributed by atoms with van der Waals surface area (Å²) in [7, 11) is 0. The largest absolute Gasteiger partial charge is 0.352 e. The van der Waals surface area contributed by atoms with E-state index in [2.05, 4.69) is 5.32 Å². The molecule has 0 bridgehead atoms. The number of rotatable bonds is 9. The maximum Gasteiger partial charge on any atom is 0.242 e. The predicted octanol–water partition coefficient (Wildman–Crippen LogP) is 6.09. The lowest BCUT2D eigenvalue weighted by Gasteiger charge is -2.31. The molecule has 4 nitrogen and oxygen atoms in total. The molecule has 7 heteroatoms. The Bertz CT molecular complexity index is 904. The van der Waals surface area contributed by atoms with Crippen LogP contribution in [-0.4, -0.2) is 34.6 Å². The number of hydrogen-bond donors (Lipinski definition) is 1. The molecule has 0 heterocycles. The molecular weight excluding hydrogens is 463 g/mol. The highest BCUT2D eigenvalue weighted by atomic mass is 35.5. The Labute approximate surface area is 205 Å². The first-order chi connectivity index (χ1) is 15.4. The number of halogens is 2. The summed E-state index contributed by atoms with van der Waals surface area (Å²) in [6.07, 6.45) is 5.52. The number of benzene rings is 2. The summed E-state index contributed by atoms with van der Waals surface area (Å²) in [6.45, 7) is 2.11. The third kappa shape index (κ3) is 7.43. The molecule has 32 heavy (non-hydrogen) atoms. The monoisotopic (exact) mass is 492 g/mol. The van der Waals surface area contributed by atoms with Gasteiger partial charge in [-0.15, -0.1) is 11.8 Å². The molecule has 1 atom stereocenters. The van der Waals surface area contributed by atoms with Gasteiger partial charge in [0.1, 0.15) is 6.04 Å². The third-order valence-corrected chi connectivity index (χ3v) is 7.52. The molecule has 3 rings (SSSR count). The summed E-state index contributed by atoms with van der Waals surface area (Å²) in [6, 6.07) is 15.0. The molecule has 0 spiro atoms. The zero-order valence-corrected chi connectivity index (χ0v) is 20.7. The van der Waals surface area contributed by atoms with Gasteiger partial charge in [0.15, 0.2) is 0 Å². The predicted molar refractivity (Wildman–Crippen MR) is 134 cm³/mol. The first-order valence-electron chi connectivity index (χ1n) is 11.1. The lowest BCUT2D eigenvalue weighted by molar-refractivity contribution is -0.139. The quantitative estimate of drug-likeness (QED) is 0.460. The van der Waals surface area contributed by atoms with E-state index in [1.807, 2.05) is 36.4 Å². The van der Waals surface area contributed by atoms with Crippen LogP contribution in [0.2, 0.25) is 10.0 Å². The van der Waals surface area contributed by atoms with E-state index in [1.165, 1.54) is 12.0 Å². The van der Waals surface area contributed by atoms with Crippen LogP contribution in [0.1, 0.15) is 50.2 Å². The number of thioether (sulfide) groups is 1. The van der Waals surface area contributed by atoms with Gasteiger partial charge < -0.3 is 10.2 Å². The molecule has 0 saturated heterocycles. The number of carbonyl (C=O) groups is 2. The van der Waals surface area contributed by atoms with E-state index in [1.54, 1.807) is 35.7 Å². The lowest BCUT2D eigenvalue weighted by Crippen LogP contribution is -2.50. The summed E-state index contributed by atoms with van der Waals surface area (Å²) in [5.41, 5.74) is 2.02. The summed E-state index contributed by atoms with van der Waals surface area (Å²) in [5, 5.41) is 4.06. The Morgan fingerprint density at radius 2 is 1.75 bits per heavy atom. The number of hydrogen-bond acceptors (Lipinski definition) is 3. The average Bonchev–Trinajstić information content (AvgIpc) is 2.80. The molecule has 1 saturated carbocycles. The molecule has 2 aromatic rings. The SMILES string of the molecule is CC(C(=O)NC1CCCCC1)N(Cc1ccc(Cl)c(Cl)c1)C(=O)CSCc1ccccc1. The van der Waals surface area contributed by atoms with Crippen LogP contribution in [0.15, 0.2) is 48.5 Å². The van der Waals surface area contributed by atoms with E-state index in [-0.39, 0.29) is 17.9 Å². The van der Waals surface area contributed by atoms with E-state index >= 15 is 0 Å². The van der Waals surface area contributed by atoms with E-state index < -0.39 is 6.04 Å². The van der Waals surface area contributed by atoms with Crippen LogP contribution in [-0.2, 0) is 21.9 Å². The second-order valence-corrected chi connectivity index (χ2v) is 10.1. The number of amides is 2. The molecule has 0 radical (unpaired) electrons. The molecule has 1 fully saturated rings. The van der Waals surface area contributed by atoms with Gasteiger partial charge >= 0.3 is 0 Å². The smallest absolute Gasteiger partial charge is 0.242 e. The summed E-state index contributed by atoms with van der Waals surface area (Å²) in [4.78, 5) is 27.8. The maximum atomic E-state index is 13.2. The van der Waals surface area contributed by atoms with Crippen molar-refractivity contribution >= 4 is 46.8 Å². The minimum atomic E-state index is -0.573. The van der Waals surface area contributed by atoms with Crippen LogP contribution in [0.25, 0.3) is 0 Å². The minimum Gasteiger partial charge on any atom is -0.352 e. The highest BCUT2D eigenvalue weighted by Gasteiger charge is 2.28. The van der Waals surface area contributed by atoms with E-state index in [4.69, 9.17) is 23.2 Å². The van der Waals surface area contributed by atoms with Crippen molar-refractivity contribution in [3.05, 3.63) is 69.7 Å². The lowest BCUT2D eigenvalue weighted by atomic mass is 9.95. The Morgan fingerprint density at radius 1 is 1.03 bits per heavy atom. The van der Waals surface area contributed by atoms with Crippen LogP contribution < -0.4 is 5.32 Å². The minimum absolute atomic E-state index is 0.0664. The average molecular weight is 494 g/mol. The number of nitrogens with zero attached hydrogens (tertiary/aromatic N) is 1. The van der Waals surface area contributed by atoms with Gasteiger partial charge in [-0.3, -0.25) is 9.59 Å². The molecule has 0 aliphatic heterocycles. The van der Waals surface area contributed by atoms with Gasteiger partial charge in [0.25, 0.3) is 0 Å². The van der Waals surface area contributed by atoms with Gasteiger partial charge in [0, 0.05) is 18.3 Å². The topological polar surface area (TPSA) is 49.4 Å². The number of nitrogens with one attached hydrogen (secondary N) is 1. The van der Waals surface area contributed by atoms with Crippen molar-refractivity contribution < 1.29 is 9.59 Å². The molecule has 0 aromatic heterocycles. The second kappa shape index (κ2) is 12.5. The van der Waals surface area contributed by atoms with Gasteiger partial charge in [0.2, 0.25) is 11.8 Å². The van der Waals surface area contributed by atoms with Gasteiger partial charge in [0.05, 0.1) is 15.8 Å². The van der Waals surface area contributed by atoms with Crippen LogP contribution in [0.5, 0.6) is 0 Å². The Kier molecular flexibility index (Phi) is 9.76. The standard InChI is InChI=1S/C25H30Cl2N2O2S/c1-18(25(31)28-21-10-6-3-7-11-21)29(15-20-12-13-22(26)23(27)14-20)24(30)17-32-16-19-8-4-2-5-9-19/h2,4-5,8-9,12-14,18,21H,3,6-7,10-11,15-17H2,1H3,(H,28,31). The normalized spacial score (nSPS) is 15.2. The van der Waals surface area contributed by atoms with E-state index in [0.717, 1.165) is 37.0 Å². The summed E-state index contributed by atoms with van der Waals surface area (Å²) < 4.78 is 0. The second-order valence-electron chi connectivity index (χ2n) is 8.27. The highest BCUT2D eigenvalue weighted by molar-refractivity contribution is 7.99. The van der Waals surface area contributed by atoms with Crippen molar-refractivity contribution in [1.82, 2.24) is 10.2 Å². The summed E-state index contributed by atoms with van der Waals surface area (Å²) >= 11 is 13.8. The van der Waals surface area contributed by atoms with Gasteiger partial charge in [-0.05, 0) is 43.0 Å². The zero-order valence-electron chi connectivity index (χ0n) is 18.4. The fourth-order valence-electron chi connectivity index (χ4n) is 3.90. The summed E-state index contributed by atoms with van der Waals surface area (Å²) in [5.74, 6) is 0.884. The van der Waals surface area contributed by atoms with E-state index in [9.17, 15) is 9.59 Å². The molecule has 2 aromatic carbocycles. The van der Waals surface area contributed by atoms with Crippen molar-refractivity contribution in [3.8, 4) is 0 Å². The molecule has 1 aliphatic carbocycles. The molecule has 172 valence electrons. The van der Waals surface area contributed by atoms with Gasteiger partial charge in [-0.25, -0.2) is 0 Å². The first-order valence-corrected chi connectivity index (χ1v) is 13.0. The van der Waals surface area contributed by atoms with Crippen molar-refractivity contribution in [3.63, 3.8) is 0 Å². The number of carbonyl (C=O) groups excluding carboxylic acids is 2. The first kappa shape index (κ1) is 24.9. The fourth-order valence-corrected chi connectivity index (χ4v) is 5.09. The Morgan fingerprint density at radius 3 is 2.44 bits per heavy atom. The van der Waals surface area contributed by atoms with Crippen LogP contribution in [0, 0.1) is 0 Å². The third-order valence-electron chi connectivity index (χ3n) is 5.79. The van der Waals surface area contributed by atoms with Gasteiger partial charge in [-0.2, -0.15) is 0 Å². The van der Waals surface area contributed by atoms with Crippen LogP contribution >= 0.6 is 35.0 Å². The van der Waals surface area contributed by atoms with Crippen LogP contribution in [0.4, 0.5) is 0 Å². The van der Waals surface area contributed by atoms with Crippen molar-refractivity contribution in [2.75, 3.05) is 5.75 Å². The molecule has 1 N–H and O–H groups in total. The van der Waals surface area contributed by atoms with Crippen LogP contribution in [0.3, 0.4) is 0 Å². The Balaban J connectivity index is 1.67. The molecular formula is C25H30Cl2N2O2S. The van der Waals surface area contributed by atoms with Crippen molar-refractivity contribution in [2.24, 2.45) is 0 Å². The molecule has 1 unspecified atom stereocenters. The van der Waals surface area contributed by atoms with E-state index in [0.29, 0.717) is 22.3 Å². The zero-order chi connectivity index (χ0) is 22.9.